The molecule has 0 amide bonds. The Kier molecular flexibility index (Phi) is 3.58. The fraction of sp³-hybridized carbons (Fsp3) is 0.429. The maximum absolute atomic E-state index is 11.2. The van der Waals surface area contributed by atoms with Gasteiger partial charge in [0.2, 0.25) is 0 Å². The number of carboxylic acid groups (broad SMARTS) is 1. The number of imidazole rings is 1. The van der Waals surface area contributed by atoms with Crippen LogP contribution in [0.25, 0.3) is 11.0 Å². The first-order chi connectivity index (χ1) is 8.85. The van der Waals surface area contributed by atoms with Crippen molar-refractivity contribution in [2.24, 2.45) is 7.05 Å². The molecule has 0 aliphatic rings. The van der Waals surface area contributed by atoms with Gasteiger partial charge in [0, 0.05) is 7.05 Å². The average Bonchev–Trinajstić information content (AvgIpc) is 2.65. The summed E-state index contributed by atoms with van der Waals surface area (Å²) in [4.78, 5) is 15.7. The van der Waals surface area contributed by atoms with E-state index in [-0.39, 0.29) is 0 Å². The molecular formula is C14H18N2O2S. The highest BCUT2D eigenvalue weighted by Gasteiger charge is 2.30. The number of carbonyl (C=O) groups is 1. The Labute approximate surface area is 116 Å². The van der Waals surface area contributed by atoms with Gasteiger partial charge in [0.25, 0.3) is 0 Å². The molecule has 0 atom stereocenters. The van der Waals surface area contributed by atoms with Crippen LogP contribution in [-0.2, 0) is 18.3 Å². The third kappa shape index (κ3) is 2.61. The first kappa shape index (κ1) is 13.9. The molecule has 19 heavy (non-hydrogen) atoms. The molecule has 0 fully saturated rings. The smallest absolute Gasteiger partial charge is 0.319 e. The monoisotopic (exact) mass is 278 g/mol. The quantitative estimate of drug-likeness (QED) is 0.873. The van der Waals surface area contributed by atoms with E-state index < -0.39 is 10.7 Å². The van der Waals surface area contributed by atoms with Crippen LogP contribution >= 0.6 is 11.8 Å². The van der Waals surface area contributed by atoms with Gasteiger partial charge in [-0.05, 0) is 38.0 Å². The van der Waals surface area contributed by atoms with E-state index >= 15 is 0 Å². The van der Waals surface area contributed by atoms with Gasteiger partial charge in [0.1, 0.15) is 4.75 Å². The molecule has 0 saturated heterocycles. The number of benzene rings is 1. The zero-order valence-corrected chi connectivity index (χ0v) is 12.4. The van der Waals surface area contributed by atoms with Crippen molar-refractivity contribution in [2.45, 2.75) is 37.1 Å². The molecule has 1 heterocycles. The SMILES string of the molecule is CCc1ccc2c(c1)nc(SC(C)(C)C(=O)O)n2C. The molecule has 102 valence electrons. The lowest BCUT2D eigenvalue weighted by Crippen LogP contribution is -2.27. The van der Waals surface area contributed by atoms with E-state index in [0.717, 1.165) is 22.6 Å². The maximum atomic E-state index is 11.2. The van der Waals surface area contributed by atoms with Gasteiger partial charge in [-0.1, -0.05) is 24.8 Å². The fourth-order valence-electron chi connectivity index (χ4n) is 1.81. The van der Waals surface area contributed by atoms with Crippen molar-refractivity contribution < 1.29 is 9.90 Å². The summed E-state index contributed by atoms with van der Waals surface area (Å²) in [5.41, 5.74) is 3.19. The zero-order chi connectivity index (χ0) is 14.2. The van der Waals surface area contributed by atoms with E-state index in [9.17, 15) is 9.90 Å². The van der Waals surface area contributed by atoms with E-state index in [0.29, 0.717) is 0 Å². The minimum absolute atomic E-state index is 0.732. The largest absolute Gasteiger partial charge is 0.480 e. The van der Waals surface area contributed by atoms with Crippen LogP contribution in [0, 0.1) is 0 Å². The molecule has 0 bridgehead atoms. The predicted molar refractivity (Wildman–Crippen MR) is 77.7 cm³/mol. The fourth-order valence-corrected chi connectivity index (χ4v) is 2.73. The molecule has 1 aromatic carbocycles. The second-order valence-corrected chi connectivity index (χ2v) is 6.64. The van der Waals surface area contributed by atoms with E-state index in [1.165, 1.54) is 17.3 Å². The summed E-state index contributed by atoms with van der Waals surface area (Å²) in [5.74, 6) is -0.834. The Balaban J connectivity index is 2.45. The lowest BCUT2D eigenvalue weighted by Gasteiger charge is -2.17. The number of hydrogen-bond acceptors (Lipinski definition) is 3. The molecular weight excluding hydrogens is 260 g/mol. The number of carboxylic acids is 1. The number of nitrogens with zero attached hydrogens (tertiary/aromatic N) is 2. The molecule has 0 saturated carbocycles. The lowest BCUT2D eigenvalue weighted by atomic mass is 10.1. The normalized spacial score (nSPS) is 12.0. The van der Waals surface area contributed by atoms with Crippen molar-refractivity contribution in [2.75, 3.05) is 0 Å². The molecule has 0 unspecified atom stereocenters. The second-order valence-electron chi connectivity index (χ2n) is 5.05. The Morgan fingerprint density at radius 1 is 1.47 bits per heavy atom. The number of aliphatic carboxylic acids is 1. The minimum atomic E-state index is -0.886. The molecule has 5 heteroatoms. The molecule has 0 spiro atoms. The van der Waals surface area contributed by atoms with E-state index in [1.54, 1.807) is 13.8 Å². The topological polar surface area (TPSA) is 55.1 Å². The van der Waals surface area contributed by atoms with Crippen LogP contribution in [0.4, 0.5) is 0 Å². The number of aryl methyl sites for hydroxylation is 2. The van der Waals surface area contributed by atoms with Gasteiger partial charge in [0.15, 0.2) is 5.16 Å². The van der Waals surface area contributed by atoms with Crippen LogP contribution in [0.1, 0.15) is 26.3 Å². The predicted octanol–water partition coefficient (Wildman–Crippen LogP) is 3.09. The highest BCUT2D eigenvalue weighted by atomic mass is 32.2. The van der Waals surface area contributed by atoms with Crippen LogP contribution in [0.15, 0.2) is 23.4 Å². The molecule has 0 aliphatic carbocycles. The number of aromatic nitrogens is 2. The zero-order valence-electron chi connectivity index (χ0n) is 11.6. The Bertz CT molecular complexity index is 632. The van der Waals surface area contributed by atoms with Crippen LogP contribution in [0.3, 0.4) is 0 Å². The van der Waals surface area contributed by atoms with Crippen LogP contribution in [0.5, 0.6) is 0 Å². The summed E-state index contributed by atoms with van der Waals surface area (Å²) in [6.07, 6.45) is 0.968. The van der Waals surface area contributed by atoms with Crippen LogP contribution in [0.2, 0.25) is 0 Å². The molecule has 4 nitrogen and oxygen atoms in total. The Morgan fingerprint density at radius 2 is 2.16 bits per heavy atom. The van der Waals surface area contributed by atoms with Crippen molar-refractivity contribution in [1.29, 1.82) is 0 Å². The van der Waals surface area contributed by atoms with Gasteiger partial charge >= 0.3 is 5.97 Å². The Hall–Kier alpha value is -1.49. The van der Waals surface area contributed by atoms with Gasteiger partial charge in [-0.15, -0.1) is 0 Å². The lowest BCUT2D eigenvalue weighted by molar-refractivity contribution is -0.138. The summed E-state index contributed by atoms with van der Waals surface area (Å²) >= 11 is 1.27. The summed E-state index contributed by atoms with van der Waals surface area (Å²) < 4.78 is 1.06. The van der Waals surface area contributed by atoms with Crippen molar-refractivity contribution in [3.05, 3.63) is 23.8 Å². The van der Waals surface area contributed by atoms with Crippen molar-refractivity contribution in [1.82, 2.24) is 9.55 Å². The van der Waals surface area contributed by atoms with Gasteiger partial charge in [0.05, 0.1) is 11.0 Å². The first-order valence-electron chi connectivity index (χ1n) is 6.23. The van der Waals surface area contributed by atoms with E-state index in [2.05, 4.69) is 24.0 Å². The van der Waals surface area contributed by atoms with Gasteiger partial charge in [-0.25, -0.2) is 4.98 Å². The molecule has 0 aliphatic heterocycles. The molecule has 2 aromatic rings. The molecule has 0 radical (unpaired) electrons. The highest BCUT2D eigenvalue weighted by Crippen LogP contribution is 2.33. The number of thioether (sulfide) groups is 1. The highest BCUT2D eigenvalue weighted by molar-refractivity contribution is 8.01. The first-order valence-corrected chi connectivity index (χ1v) is 7.04. The summed E-state index contributed by atoms with van der Waals surface area (Å²) in [5, 5.41) is 9.92. The number of hydrogen-bond donors (Lipinski definition) is 1. The molecule has 1 aromatic heterocycles. The van der Waals surface area contributed by atoms with Gasteiger partial charge < -0.3 is 9.67 Å². The number of fused-ring (bicyclic) bond motifs is 1. The maximum Gasteiger partial charge on any atom is 0.319 e. The van der Waals surface area contributed by atoms with Gasteiger partial charge in [-0.2, -0.15) is 0 Å². The third-order valence-electron chi connectivity index (χ3n) is 3.17. The van der Waals surface area contributed by atoms with Crippen LogP contribution < -0.4 is 0 Å². The Morgan fingerprint density at radius 3 is 2.74 bits per heavy atom. The van der Waals surface area contributed by atoms with E-state index in [4.69, 9.17) is 0 Å². The van der Waals surface area contributed by atoms with Crippen molar-refractivity contribution >= 4 is 28.8 Å². The summed E-state index contributed by atoms with van der Waals surface area (Å²) in [7, 11) is 1.92. The van der Waals surface area contributed by atoms with E-state index in [1.807, 2.05) is 17.7 Å². The van der Waals surface area contributed by atoms with Crippen molar-refractivity contribution in [3.8, 4) is 0 Å². The molecule has 1 N–H and O–H groups in total. The minimum Gasteiger partial charge on any atom is -0.480 e. The van der Waals surface area contributed by atoms with Crippen molar-refractivity contribution in [3.63, 3.8) is 0 Å². The third-order valence-corrected chi connectivity index (χ3v) is 4.41. The second kappa shape index (κ2) is 4.89. The number of rotatable bonds is 4. The van der Waals surface area contributed by atoms with Gasteiger partial charge in [-0.3, -0.25) is 4.79 Å². The van der Waals surface area contributed by atoms with Crippen LogP contribution in [-0.4, -0.2) is 25.4 Å². The summed E-state index contributed by atoms with van der Waals surface area (Å²) in [6, 6.07) is 6.19. The molecule has 2 rings (SSSR count). The summed E-state index contributed by atoms with van der Waals surface area (Å²) in [6.45, 7) is 5.49. The standard InChI is InChI=1S/C14H18N2O2S/c1-5-9-6-7-11-10(8-9)15-13(16(11)4)19-14(2,3)12(17)18/h6-8H,5H2,1-4H3,(H,17,18). The average molecular weight is 278 g/mol.